The highest BCUT2D eigenvalue weighted by atomic mass is 16.4. The molecule has 0 bridgehead atoms. The van der Waals surface area contributed by atoms with Gasteiger partial charge in [0.25, 0.3) is 0 Å². The Morgan fingerprint density at radius 1 is 1.21 bits per heavy atom. The van der Waals surface area contributed by atoms with Gasteiger partial charge < -0.3 is 20.4 Å². The Balaban J connectivity index is 4.41. The summed E-state index contributed by atoms with van der Waals surface area (Å²) in [6, 6.07) is -0.639. The lowest BCUT2D eigenvalue weighted by molar-refractivity contribution is -0.137. The van der Waals surface area contributed by atoms with Crippen molar-refractivity contribution in [2.75, 3.05) is 19.7 Å². The van der Waals surface area contributed by atoms with E-state index < -0.39 is 5.97 Å². The Hall–Kier alpha value is -1.30. The van der Waals surface area contributed by atoms with Gasteiger partial charge in [0, 0.05) is 19.1 Å². The van der Waals surface area contributed by atoms with Crippen LogP contribution in [0.25, 0.3) is 0 Å². The summed E-state index contributed by atoms with van der Waals surface area (Å²) in [5.41, 5.74) is 0. The highest BCUT2D eigenvalue weighted by Gasteiger charge is 2.18. The highest BCUT2D eigenvalue weighted by molar-refractivity contribution is 5.76. The predicted octanol–water partition coefficient (Wildman–Crippen LogP) is 1.43. The van der Waals surface area contributed by atoms with Crippen molar-refractivity contribution in [1.29, 1.82) is 0 Å². The molecule has 0 heterocycles. The maximum Gasteiger partial charge on any atom is 0.317 e. The van der Waals surface area contributed by atoms with Crippen molar-refractivity contribution >= 4 is 12.0 Å². The molecule has 0 aromatic heterocycles. The normalized spacial score (nSPS) is 11.9. The lowest BCUT2D eigenvalue weighted by Crippen LogP contribution is -2.46. The number of aliphatic hydroxyl groups is 1. The van der Waals surface area contributed by atoms with Crippen LogP contribution in [0.2, 0.25) is 0 Å². The van der Waals surface area contributed by atoms with Gasteiger partial charge in [-0.1, -0.05) is 26.7 Å². The topological polar surface area (TPSA) is 89.9 Å². The summed E-state index contributed by atoms with van der Waals surface area (Å²) in [5.74, 6) is -0.916. The van der Waals surface area contributed by atoms with Gasteiger partial charge in [-0.05, 0) is 12.8 Å². The SMILES string of the molecule is CCCCN(CCO)C(=O)NC(CCC)CC(=O)O. The summed E-state index contributed by atoms with van der Waals surface area (Å²) in [5, 5.41) is 20.5. The van der Waals surface area contributed by atoms with E-state index in [9.17, 15) is 9.59 Å². The number of amides is 2. The van der Waals surface area contributed by atoms with Crippen molar-refractivity contribution in [1.82, 2.24) is 10.2 Å². The maximum atomic E-state index is 12.0. The first kappa shape index (κ1) is 17.7. The minimum atomic E-state index is -0.916. The van der Waals surface area contributed by atoms with E-state index >= 15 is 0 Å². The number of rotatable bonds is 10. The number of nitrogens with zero attached hydrogens (tertiary/aromatic N) is 1. The van der Waals surface area contributed by atoms with E-state index in [2.05, 4.69) is 5.32 Å². The average Bonchev–Trinajstić information content (AvgIpc) is 2.33. The summed E-state index contributed by atoms with van der Waals surface area (Å²) in [6.45, 7) is 4.74. The number of unbranched alkanes of at least 4 members (excludes halogenated alkanes) is 1. The fourth-order valence-corrected chi connectivity index (χ4v) is 1.83. The molecule has 0 aliphatic carbocycles. The van der Waals surface area contributed by atoms with Gasteiger partial charge in [0.15, 0.2) is 0 Å². The van der Waals surface area contributed by atoms with Gasteiger partial charge in [0.05, 0.1) is 13.0 Å². The first-order valence-corrected chi connectivity index (χ1v) is 6.93. The number of carbonyl (C=O) groups excluding carboxylic acids is 1. The minimum Gasteiger partial charge on any atom is -0.481 e. The number of aliphatic carboxylic acids is 1. The van der Waals surface area contributed by atoms with Crippen LogP contribution >= 0.6 is 0 Å². The van der Waals surface area contributed by atoms with Crippen LogP contribution in [0.15, 0.2) is 0 Å². The van der Waals surface area contributed by atoms with E-state index in [1.165, 1.54) is 4.90 Å². The highest BCUT2D eigenvalue weighted by Crippen LogP contribution is 2.04. The smallest absolute Gasteiger partial charge is 0.317 e. The largest absolute Gasteiger partial charge is 0.481 e. The summed E-state index contributed by atoms with van der Waals surface area (Å²) >= 11 is 0. The van der Waals surface area contributed by atoms with Gasteiger partial charge in [0.1, 0.15) is 0 Å². The third-order valence-corrected chi connectivity index (χ3v) is 2.82. The molecule has 0 aromatic rings. The summed E-state index contributed by atoms with van der Waals surface area (Å²) in [7, 11) is 0. The van der Waals surface area contributed by atoms with Crippen molar-refractivity contribution in [3.8, 4) is 0 Å². The van der Waals surface area contributed by atoms with Gasteiger partial charge in [0.2, 0.25) is 0 Å². The number of hydrogen-bond donors (Lipinski definition) is 3. The van der Waals surface area contributed by atoms with Crippen LogP contribution in [0.4, 0.5) is 4.79 Å². The second-order valence-electron chi connectivity index (χ2n) is 4.60. The molecule has 0 aliphatic heterocycles. The maximum absolute atomic E-state index is 12.0. The molecule has 112 valence electrons. The number of nitrogens with one attached hydrogen (secondary N) is 1. The molecule has 0 saturated carbocycles. The molecule has 3 N–H and O–H groups in total. The van der Waals surface area contributed by atoms with E-state index in [4.69, 9.17) is 10.2 Å². The number of hydrogen-bond acceptors (Lipinski definition) is 3. The quantitative estimate of drug-likeness (QED) is 0.562. The number of carbonyl (C=O) groups is 2. The van der Waals surface area contributed by atoms with Gasteiger partial charge in [-0.3, -0.25) is 4.79 Å². The summed E-state index contributed by atoms with van der Waals surface area (Å²) < 4.78 is 0. The average molecular weight is 274 g/mol. The number of urea groups is 1. The minimum absolute atomic E-state index is 0.0691. The van der Waals surface area contributed by atoms with Gasteiger partial charge >= 0.3 is 12.0 Å². The lowest BCUT2D eigenvalue weighted by Gasteiger charge is -2.25. The Bertz CT molecular complexity index is 271. The van der Waals surface area contributed by atoms with Crippen LogP contribution in [0.5, 0.6) is 0 Å². The summed E-state index contributed by atoms with van der Waals surface area (Å²) in [4.78, 5) is 24.3. The number of carboxylic acid groups (broad SMARTS) is 1. The second kappa shape index (κ2) is 10.6. The molecule has 1 atom stereocenters. The molecule has 6 nitrogen and oxygen atoms in total. The molecule has 6 heteroatoms. The second-order valence-corrected chi connectivity index (χ2v) is 4.60. The molecular weight excluding hydrogens is 248 g/mol. The van der Waals surface area contributed by atoms with Crippen LogP contribution in [-0.2, 0) is 4.79 Å². The van der Waals surface area contributed by atoms with Crippen LogP contribution < -0.4 is 5.32 Å². The molecule has 0 aromatic carbocycles. The van der Waals surface area contributed by atoms with E-state index in [0.717, 1.165) is 19.3 Å². The first-order valence-electron chi connectivity index (χ1n) is 6.93. The molecule has 0 fully saturated rings. The fraction of sp³-hybridized carbons (Fsp3) is 0.846. The molecule has 0 aliphatic rings. The molecule has 0 radical (unpaired) electrons. The molecule has 0 spiro atoms. The molecule has 2 amide bonds. The van der Waals surface area contributed by atoms with Gasteiger partial charge in [-0.2, -0.15) is 0 Å². The lowest BCUT2D eigenvalue weighted by atomic mass is 10.1. The van der Waals surface area contributed by atoms with Crippen molar-refractivity contribution in [3.05, 3.63) is 0 Å². The van der Waals surface area contributed by atoms with Gasteiger partial charge in [-0.15, -0.1) is 0 Å². The zero-order valence-corrected chi connectivity index (χ0v) is 11.9. The van der Waals surface area contributed by atoms with E-state index in [-0.39, 0.29) is 31.6 Å². The number of carboxylic acids is 1. The zero-order valence-electron chi connectivity index (χ0n) is 11.9. The van der Waals surface area contributed by atoms with Gasteiger partial charge in [-0.25, -0.2) is 4.79 Å². The van der Waals surface area contributed by atoms with E-state index in [1.54, 1.807) is 0 Å². The summed E-state index contributed by atoms with van der Waals surface area (Å²) in [6.07, 6.45) is 3.21. The van der Waals surface area contributed by atoms with Crippen molar-refractivity contribution in [2.45, 2.75) is 52.0 Å². The van der Waals surface area contributed by atoms with Crippen molar-refractivity contribution in [2.24, 2.45) is 0 Å². The molecular formula is C13H26N2O4. The van der Waals surface area contributed by atoms with Crippen LogP contribution in [0.3, 0.4) is 0 Å². The standard InChI is InChI=1S/C13H26N2O4/c1-3-5-7-15(8-9-16)13(19)14-11(6-4-2)10-12(17)18/h11,16H,3-10H2,1-2H3,(H,14,19)(H,17,18). The third kappa shape index (κ3) is 8.42. The van der Waals surface area contributed by atoms with Crippen LogP contribution in [-0.4, -0.2) is 52.9 Å². The third-order valence-electron chi connectivity index (χ3n) is 2.82. The molecule has 0 saturated heterocycles. The zero-order chi connectivity index (χ0) is 14.7. The molecule has 0 rings (SSSR count). The molecule has 1 unspecified atom stereocenters. The van der Waals surface area contributed by atoms with Crippen LogP contribution in [0, 0.1) is 0 Å². The van der Waals surface area contributed by atoms with E-state index in [1.807, 2.05) is 13.8 Å². The fourth-order valence-electron chi connectivity index (χ4n) is 1.83. The Morgan fingerprint density at radius 3 is 2.37 bits per heavy atom. The Kier molecular flexibility index (Phi) is 9.88. The Labute approximate surface area is 114 Å². The van der Waals surface area contributed by atoms with Crippen molar-refractivity contribution in [3.63, 3.8) is 0 Å². The Morgan fingerprint density at radius 2 is 1.89 bits per heavy atom. The predicted molar refractivity (Wildman–Crippen MR) is 73.0 cm³/mol. The van der Waals surface area contributed by atoms with E-state index in [0.29, 0.717) is 13.0 Å². The van der Waals surface area contributed by atoms with Crippen LogP contribution in [0.1, 0.15) is 46.0 Å². The van der Waals surface area contributed by atoms with Crippen molar-refractivity contribution < 1.29 is 19.8 Å². The monoisotopic (exact) mass is 274 g/mol. The molecule has 19 heavy (non-hydrogen) atoms. The number of aliphatic hydroxyl groups excluding tert-OH is 1. The first-order chi connectivity index (χ1) is 9.04.